The second-order valence-corrected chi connectivity index (χ2v) is 6.35. The maximum atomic E-state index is 6.03. The third-order valence-corrected chi connectivity index (χ3v) is 4.26. The predicted molar refractivity (Wildman–Crippen MR) is 92.7 cm³/mol. The molecule has 0 bridgehead atoms. The molecule has 3 nitrogen and oxygen atoms in total. The molecule has 1 aromatic carbocycles. The smallest absolute Gasteiger partial charge is 0.145 e. The van der Waals surface area contributed by atoms with Crippen molar-refractivity contribution in [3.05, 3.63) is 28.9 Å². The third-order valence-electron chi connectivity index (χ3n) is 3.83. The summed E-state index contributed by atoms with van der Waals surface area (Å²) < 4.78 is 6.96. The van der Waals surface area contributed by atoms with Crippen molar-refractivity contribution in [1.82, 2.24) is 4.98 Å². The van der Waals surface area contributed by atoms with Gasteiger partial charge in [0.25, 0.3) is 0 Å². The zero-order chi connectivity index (χ0) is 15.2. The molecule has 0 spiro atoms. The van der Waals surface area contributed by atoms with E-state index in [1.54, 1.807) is 6.20 Å². The van der Waals surface area contributed by atoms with Crippen molar-refractivity contribution in [2.75, 3.05) is 12.3 Å². The van der Waals surface area contributed by atoms with Crippen LogP contribution in [-0.4, -0.2) is 11.6 Å². The van der Waals surface area contributed by atoms with Crippen molar-refractivity contribution in [3.8, 4) is 5.75 Å². The molecule has 2 N–H and O–H groups in total. The van der Waals surface area contributed by atoms with Gasteiger partial charge < -0.3 is 10.5 Å². The minimum absolute atomic E-state index is 0.605. The maximum Gasteiger partial charge on any atom is 0.145 e. The molecule has 2 aromatic rings. The van der Waals surface area contributed by atoms with Crippen LogP contribution in [0, 0.1) is 5.92 Å². The minimum Gasteiger partial charge on any atom is -0.491 e. The second kappa shape index (κ2) is 7.64. The Hall–Kier alpha value is -1.29. The topological polar surface area (TPSA) is 48.1 Å². The summed E-state index contributed by atoms with van der Waals surface area (Å²) in [6.07, 6.45) is 6.64. The van der Waals surface area contributed by atoms with E-state index in [1.165, 1.54) is 19.3 Å². The molecule has 0 radical (unpaired) electrons. The Kier molecular flexibility index (Phi) is 5.85. The first kappa shape index (κ1) is 16.1. The number of anilines is 1. The Morgan fingerprint density at radius 1 is 1.33 bits per heavy atom. The molecule has 0 saturated heterocycles. The zero-order valence-electron chi connectivity index (χ0n) is 12.7. The highest BCUT2D eigenvalue weighted by Crippen LogP contribution is 2.31. The number of rotatable bonds is 7. The molecule has 114 valence electrons. The molecule has 1 atom stereocenters. The number of pyridine rings is 1. The molecule has 1 heterocycles. The van der Waals surface area contributed by atoms with Crippen LogP contribution in [0.2, 0.25) is 0 Å². The summed E-state index contributed by atoms with van der Waals surface area (Å²) >= 11 is 3.43. The van der Waals surface area contributed by atoms with Crippen molar-refractivity contribution < 1.29 is 4.74 Å². The number of nitrogens with zero attached hydrogens (tertiary/aromatic N) is 1. The van der Waals surface area contributed by atoms with Gasteiger partial charge in [-0.25, -0.2) is 0 Å². The Morgan fingerprint density at radius 3 is 2.86 bits per heavy atom. The summed E-state index contributed by atoms with van der Waals surface area (Å²) in [5.41, 5.74) is 7.59. The number of hydrogen-bond donors (Lipinski definition) is 1. The van der Waals surface area contributed by atoms with Gasteiger partial charge >= 0.3 is 0 Å². The zero-order valence-corrected chi connectivity index (χ0v) is 14.3. The molecular formula is C17H23BrN2O. The molecule has 21 heavy (non-hydrogen) atoms. The third kappa shape index (κ3) is 4.10. The number of ether oxygens (including phenoxy) is 1. The molecule has 4 heteroatoms. The first-order valence-corrected chi connectivity index (χ1v) is 8.41. The highest BCUT2D eigenvalue weighted by atomic mass is 79.9. The number of nitrogens with two attached hydrogens (primary N) is 1. The van der Waals surface area contributed by atoms with Gasteiger partial charge in [-0.05, 0) is 46.5 Å². The van der Waals surface area contributed by atoms with E-state index < -0.39 is 0 Å². The summed E-state index contributed by atoms with van der Waals surface area (Å²) in [5.74, 6) is 1.43. The minimum atomic E-state index is 0.605. The number of aromatic nitrogens is 1. The molecule has 1 aromatic heterocycles. The van der Waals surface area contributed by atoms with Crippen LogP contribution in [0.4, 0.5) is 5.69 Å². The fraction of sp³-hybridized carbons (Fsp3) is 0.471. The normalized spacial score (nSPS) is 12.5. The molecule has 0 aliphatic heterocycles. The van der Waals surface area contributed by atoms with Gasteiger partial charge in [-0.1, -0.05) is 33.1 Å². The molecular weight excluding hydrogens is 328 g/mol. The monoisotopic (exact) mass is 350 g/mol. The van der Waals surface area contributed by atoms with Crippen LogP contribution in [0.25, 0.3) is 10.9 Å². The predicted octanol–water partition coefficient (Wildman–Crippen LogP) is 5.17. The van der Waals surface area contributed by atoms with E-state index in [1.807, 2.05) is 18.2 Å². The van der Waals surface area contributed by atoms with Crippen LogP contribution in [0.5, 0.6) is 5.75 Å². The lowest BCUT2D eigenvalue weighted by Crippen LogP contribution is -2.11. The molecule has 0 saturated carbocycles. The second-order valence-electron chi connectivity index (χ2n) is 5.43. The van der Waals surface area contributed by atoms with Crippen LogP contribution < -0.4 is 10.5 Å². The lowest BCUT2D eigenvalue weighted by atomic mass is 10.0. The summed E-state index contributed by atoms with van der Waals surface area (Å²) in [7, 11) is 0. The van der Waals surface area contributed by atoms with E-state index in [-0.39, 0.29) is 0 Å². The molecule has 0 aliphatic rings. The Labute approximate surface area is 135 Å². The average Bonchev–Trinajstić information content (AvgIpc) is 2.49. The van der Waals surface area contributed by atoms with Gasteiger partial charge in [0, 0.05) is 21.7 Å². The van der Waals surface area contributed by atoms with E-state index in [9.17, 15) is 0 Å². The van der Waals surface area contributed by atoms with Crippen molar-refractivity contribution in [3.63, 3.8) is 0 Å². The van der Waals surface area contributed by atoms with E-state index >= 15 is 0 Å². The van der Waals surface area contributed by atoms with Gasteiger partial charge in [-0.3, -0.25) is 4.98 Å². The van der Waals surface area contributed by atoms with E-state index in [0.29, 0.717) is 5.92 Å². The summed E-state index contributed by atoms with van der Waals surface area (Å²) in [6.45, 7) is 5.19. The SMILES string of the molecule is CCCCC(CC)COc1ccc(N)c2cc(Br)cnc12. The van der Waals surface area contributed by atoms with Crippen LogP contribution in [0.15, 0.2) is 28.9 Å². The van der Waals surface area contributed by atoms with Gasteiger partial charge in [0.2, 0.25) is 0 Å². The van der Waals surface area contributed by atoms with Crippen LogP contribution >= 0.6 is 15.9 Å². The van der Waals surface area contributed by atoms with Gasteiger partial charge in [0.1, 0.15) is 11.3 Å². The van der Waals surface area contributed by atoms with Gasteiger partial charge in [-0.15, -0.1) is 0 Å². The molecule has 0 amide bonds. The number of halogens is 1. The standard InChI is InChI=1S/C17H23BrN2O/c1-3-5-6-12(4-2)11-21-16-8-7-15(19)14-9-13(18)10-20-17(14)16/h7-10,12H,3-6,11,19H2,1-2H3. The number of fused-ring (bicyclic) bond motifs is 1. The van der Waals surface area contributed by atoms with Crippen molar-refractivity contribution in [1.29, 1.82) is 0 Å². The van der Waals surface area contributed by atoms with Crippen molar-refractivity contribution in [2.45, 2.75) is 39.5 Å². The van der Waals surface area contributed by atoms with E-state index in [0.717, 1.165) is 39.8 Å². The fourth-order valence-corrected chi connectivity index (χ4v) is 2.74. The van der Waals surface area contributed by atoms with Crippen LogP contribution in [0.1, 0.15) is 39.5 Å². The first-order valence-electron chi connectivity index (χ1n) is 7.62. The van der Waals surface area contributed by atoms with Crippen molar-refractivity contribution >= 4 is 32.5 Å². The summed E-state index contributed by atoms with van der Waals surface area (Å²) in [5, 5.41) is 0.934. The molecule has 0 fully saturated rings. The lowest BCUT2D eigenvalue weighted by molar-refractivity contribution is 0.235. The number of benzene rings is 1. The van der Waals surface area contributed by atoms with Crippen LogP contribution in [-0.2, 0) is 0 Å². The average molecular weight is 351 g/mol. The highest BCUT2D eigenvalue weighted by Gasteiger charge is 2.11. The van der Waals surface area contributed by atoms with Gasteiger partial charge in [0.15, 0.2) is 0 Å². The maximum absolute atomic E-state index is 6.03. The van der Waals surface area contributed by atoms with Crippen LogP contribution in [0.3, 0.4) is 0 Å². The highest BCUT2D eigenvalue weighted by molar-refractivity contribution is 9.10. The Balaban J connectivity index is 2.17. The largest absolute Gasteiger partial charge is 0.491 e. The quantitative estimate of drug-likeness (QED) is 0.700. The molecule has 1 unspecified atom stereocenters. The van der Waals surface area contributed by atoms with E-state index in [2.05, 4.69) is 34.8 Å². The summed E-state index contributed by atoms with van der Waals surface area (Å²) in [4.78, 5) is 4.46. The first-order chi connectivity index (χ1) is 10.2. The molecule has 2 rings (SSSR count). The number of unbranched alkanes of at least 4 members (excludes halogenated alkanes) is 1. The van der Waals surface area contributed by atoms with Crippen molar-refractivity contribution in [2.24, 2.45) is 5.92 Å². The van der Waals surface area contributed by atoms with Gasteiger partial charge in [0.05, 0.1) is 6.61 Å². The molecule has 0 aliphatic carbocycles. The fourth-order valence-electron chi connectivity index (χ4n) is 2.41. The van der Waals surface area contributed by atoms with E-state index in [4.69, 9.17) is 10.5 Å². The Bertz CT molecular complexity index is 601. The lowest BCUT2D eigenvalue weighted by Gasteiger charge is -2.16. The van der Waals surface area contributed by atoms with Gasteiger partial charge in [-0.2, -0.15) is 0 Å². The number of nitrogen functional groups attached to an aromatic ring is 1. The summed E-state index contributed by atoms with van der Waals surface area (Å²) in [6, 6.07) is 5.79. The Morgan fingerprint density at radius 2 is 2.14 bits per heavy atom. The number of hydrogen-bond acceptors (Lipinski definition) is 3.